The molecule has 152 valence electrons. The minimum Gasteiger partial charge on any atom is -0.322 e. The molecule has 1 spiro atoms. The van der Waals surface area contributed by atoms with Crippen molar-refractivity contribution in [3.8, 4) is 5.69 Å². The molecule has 2 N–H and O–H groups in total. The maximum Gasteiger partial charge on any atom is 0.368 e. The molecule has 1 aromatic heterocycles. The summed E-state index contributed by atoms with van der Waals surface area (Å²) in [6, 6.07) is 8.16. The van der Waals surface area contributed by atoms with Crippen molar-refractivity contribution < 1.29 is 14.4 Å². The van der Waals surface area contributed by atoms with Crippen LogP contribution in [-0.2, 0) is 16.1 Å². The van der Waals surface area contributed by atoms with Crippen LogP contribution in [0.1, 0.15) is 38.5 Å². The number of carbonyl (C=O) groups is 3. The second-order valence-corrected chi connectivity index (χ2v) is 7.23. The number of nitrogens with one attached hydrogen (secondary N) is 2. The number of tetrazole rings is 1. The number of aromatic nitrogens is 4. The van der Waals surface area contributed by atoms with Crippen molar-refractivity contribution >= 4 is 17.8 Å². The first kappa shape index (κ1) is 18.8. The highest BCUT2D eigenvalue weighted by molar-refractivity contribution is 6.07. The molecule has 0 radical (unpaired) electrons. The second-order valence-electron chi connectivity index (χ2n) is 7.23. The van der Waals surface area contributed by atoms with Crippen molar-refractivity contribution in [2.75, 3.05) is 0 Å². The first-order valence-electron chi connectivity index (χ1n) is 9.55. The van der Waals surface area contributed by atoms with E-state index in [1.165, 1.54) is 0 Å². The van der Waals surface area contributed by atoms with Gasteiger partial charge < -0.3 is 5.32 Å². The Morgan fingerprint density at radius 2 is 1.79 bits per heavy atom. The van der Waals surface area contributed by atoms with Crippen molar-refractivity contribution in [1.82, 2.24) is 35.5 Å². The van der Waals surface area contributed by atoms with Crippen molar-refractivity contribution in [3.63, 3.8) is 0 Å². The minimum absolute atomic E-state index is 0.0354. The Morgan fingerprint density at radius 1 is 1.07 bits per heavy atom. The average Bonchev–Trinajstić information content (AvgIpc) is 3.20. The van der Waals surface area contributed by atoms with Crippen LogP contribution < -0.4 is 16.4 Å². The summed E-state index contributed by atoms with van der Waals surface area (Å²) < 4.78 is 2.18. The summed E-state index contributed by atoms with van der Waals surface area (Å²) in [6.07, 6.45) is 3.73. The molecule has 0 unspecified atom stereocenters. The number of hydrogen-bond acceptors (Lipinski definition) is 6. The minimum atomic E-state index is -0.905. The summed E-state index contributed by atoms with van der Waals surface area (Å²) in [6.45, 7) is -0.0354. The Kier molecular flexibility index (Phi) is 4.87. The van der Waals surface area contributed by atoms with E-state index in [0.29, 0.717) is 18.5 Å². The molecule has 2 aromatic rings. The van der Waals surface area contributed by atoms with Gasteiger partial charge in [0.05, 0.1) is 12.2 Å². The van der Waals surface area contributed by atoms with Gasteiger partial charge in [0.25, 0.3) is 5.91 Å². The lowest BCUT2D eigenvalue weighted by atomic mass is 9.82. The topological polar surface area (TPSA) is 131 Å². The summed E-state index contributed by atoms with van der Waals surface area (Å²) >= 11 is 0. The van der Waals surface area contributed by atoms with Gasteiger partial charge in [0.1, 0.15) is 5.54 Å². The Labute approximate surface area is 165 Å². The van der Waals surface area contributed by atoms with Crippen LogP contribution in [0.2, 0.25) is 0 Å². The molecule has 1 aliphatic heterocycles. The molecule has 1 aliphatic carbocycles. The predicted molar refractivity (Wildman–Crippen MR) is 99.6 cm³/mol. The highest BCUT2D eigenvalue weighted by Gasteiger charge is 2.52. The Balaban J connectivity index is 1.37. The van der Waals surface area contributed by atoms with Gasteiger partial charge in [0.2, 0.25) is 5.91 Å². The molecule has 29 heavy (non-hydrogen) atoms. The number of aryl methyl sites for hydroxylation is 1. The van der Waals surface area contributed by atoms with Crippen molar-refractivity contribution in [2.45, 2.75) is 50.6 Å². The Morgan fingerprint density at radius 3 is 2.52 bits per heavy atom. The maximum absolute atomic E-state index is 12.7. The normalized spacial score (nSPS) is 18.1. The van der Waals surface area contributed by atoms with Crippen molar-refractivity contribution in [2.24, 2.45) is 0 Å². The average molecular weight is 399 g/mol. The number of hydrogen-bond donors (Lipinski definition) is 2. The zero-order chi connectivity index (χ0) is 20.4. The largest absolute Gasteiger partial charge is 0.368 e. The third-order valence-electron chi connectivity index (χ3n) is 5.30. The number of nitrogens with zero attached hydrogens (tertiary/aromatic N) is 5. The molecule has 11 heteroatoms. The van der Waals surface area contributed by atoms with Gasteiger partial charge in [-0.15, -0.1) is 0 Å². The fraction of sp³-hybridized carbons (Fsp3) is 0.444. The van der Waals surface area contributed by atoms with Gasteiger partial charge in [0.15, 0.2) is 0 Å². The van der Waals surface area contributed by atoms with Gasteiger partial charge in [-0.1, -0.05) is 37.5 Å². The third kappa shape index (κ3) is 3.50. The van der Waals surface area contributed by atoms with Gasteiger partial charge in [-0.25, -0.2) is 9.59 Å². The van der Waals surface area contributed by atoms with Crippen molar-refractivity contribution in [1.29, 1.82) is 0 Å². The van der Waals surface area contributed by atoms with E-state index in [9.17, 15) is 19.2 Å². The number of amides is 4. The van der Waals surface area contributed by atoms with Crippen LogP contribution in [0, 0.1) is 0 Å². The van der Waals surface area contributed by atoms with E-state index < -0.39 is 29.1 Å². The first-order chi connectivity index (χ1) is 14.0. The van der Waals surface area contributed by atoms with E-state index in [4.69, 9.17) is 0 Å². The molecule has 4 amide bonds. The number of hydrazine groups is 1. The molecule has 0 atom stereocenters. The highest BCUT2D eigenvalue weighted by Crippen LogP contribution is 2.32. The molecule has 2 fully saturated rings. The first-order valence-corrected chi connectivity index (χ1v) is 9.55. The monoisotopic (exact) mass is 399 g/mol. The molecule has 2 aliphatic rings. The van der Waals surface area contributed by atoms with Crippen LogP contribution in [0.3, 0.4) is 0 Å². The van der Waals surface area contributed by atoms with Gasteiger partial charge in [0, 0.05) is 6.42 Å². The molecular weight excluding hydrogens is 378 g/mol. The molecule has 2 heterocycles. The lowest BCUT2D eigenvalue weighted by Gasteiger charge is -2.30. The highest BCUT2D eigenvalue weighted by atomic mass is 16.2. The Bertz CT molecular complexity index is 991. The summed E-state index contributed by atoms with van der Waals surface area (Å²) in [5, 5.41) is 11.0. The molecule has 0 bridgehead atoms. The van der Waals surface area contributed by atoms with Crippen molar-refractivity contribution in [3.05, 3.63) is 40.8 Å². The molecule has 1 saturated heterocycles. The smallest absolute Gasteiger partial charge is 0.322 e. The van der Waals surface area contributed by atoms with Gasteiger partial charge >= 0.3 is 11.7 Å². The number of imide groups is 1. The zero-order valence-corrected chi connectivity index (χ0v) is 15.7. The fourth-order valence-corrected chi connectivity index (χ4v) is 3.75. The lowest BCUT2D eigenvalue weighted by Crippen LogP contribution is -2.51. The molecule has 1 saturated carbocycles. The zero-order valence-electron chi connectivity index (χ0n) is 15.7. The van der Waals surface area contributed by atoms with Crippen LogP contribution in [0.5, 0.6) is 0 Å². The van der Waals surface area contributed by atoms with Gasteiger partial charge in [-0.2, -0.15) is 14.4 Å². The number of carbonyl (C=O) groups excluding carboxylic acids is 3. The van der Waals surface area contributed by atoms with E-state index in [-0.39, 0.29) is 13.0 Å². The van der Waals surface area contributed by atoms with Crippen LogP contribution >= 0.6 is 0 Å². The predicted octanol–water partition coefficient (Wildman–Crippen LogP) is 0.105. The fourth-order valence-electron chi connectivity index (χ4n) is 3.75. The second kappa shape index (κ2) is 7.49. The van der Waals surface area contributed by atoms with Crippen LogP contribution in [0.25, 0.3) is 5.69 Å². The lowest BCUT2D eigenvalue weighted by molar-refractivity contribution is -0.140. The quantitative estimate of drug-likeness (QED) is 0.686. The molecular formula is C18H21N7O4. The third-order valence-corrected chi connectivity index (χ3v) is 5.30. The standard InChI is InChI=1S/C18H21N7O4/c26-14(20-25-15(27)18(19-16(25)28)10-5-2-6-11-18)9-12-23-17(29)24(22-21-23)13-7-3-1-4-8-13/h1,3-4,7-8H,2,5-6,9-12H2,(H,19,28)(H,20,26). The SMILES string of the molecule is O=C(CCn1nnn(-c2ccccc2)c1=O)NN1C(=O)NC2(CCCCC2)C1=O. The summed E-state index contributed by atoms with van der Waals surface area (Å²) in [5.74, 6) is -0.995. The number of rotatable bonds is 5. The number of urea groups is 1. The van der Waals surface area contributed by atoms with Crippen LogP contribution in [0.15, 0.2) is 35.1 Å². The van der Waals surface area contributed by atoms with E-state index >= 15 is 0 Å². The molecule has 4 rings (SSSR count). The summed E-state index contributed by atoms with van der Waals surface area (Å²) in [4.78, 5) is 49.5. The van der Waals surface area contributed by atoms with Crippen LogP contribution in [0.4, 0.5) is 4.79 Å². The van der Waals surface area contributed by atoms with E-state index in [1.807, 2.05) is 6.07 Å². The Hall–Kier alpha value is -3.50. The molecule has 1 aromatic carbocycles. The van der Waals surface area contributed by atoms with Gasteiger partial charge in [-0.05, 0) is 35.4 Å². The van der Waals surface area contributed by atoms with Crippen LogP contribution in [-0.4, -0.2) is 48.2 Å². The van der Waals surface area contributed by atoms with E-state index in [0.717, 1.165) is 33.6 Å². The van der Waals surface area contributed by atoms with Gasteiger partial charge in [-0.3, -0.25) is 15.0 Å². The maximum atomic E-state index is 12.7. The van der Waals surface area contributed by atoms with E-state index in [1.54, 1.807) is 24.3 Å². The number of para-hydroxylation sites is 1. The summed E-state index contributed by atoms with van der Waals surface area (Å²) in [5.41, 5.74) is 1.51. The van der Waals surface area contributed by atoms with E-state index in [2.05, 4.69) is 21.2 Å². The summed E-state index contributed by atoms with van der Waals surface area (Å²) in [7, 11) is 0. The molecule has 11 nitrogen and oxygen atoms in total. The number of benzene rings is 1.